The van der Waals surface area contributed by atoms with Gasteiger partial charge in [-0.3, -0.25) is 9.59 Å². The lowest BCUT2D eigenvalue weighted by atomic mass is 9.84. The summed E-state index contributed by atoms with van der Waals surface area (Å²) in [6, 6.07) is 14.4. The molecule has 2 unspecified atom stereocenters. The summed E-state index contributed by atoms with van der Waals surface area (Å²) in [6.07, 6.45) is 2.12. The molecule has 3 rings (SSSR count). The van der Waals surface area contributed by atoms with Gasteiger partial charge < -0.3 is 20.7 Å². The Bertz CT molecular complexity index is 978. The summed E-state index contributed by atoms with van der Waals surface area (Å²) in [5, 5.41) is 8.98. The SMILES string of the molecule is CCC(C(=O)NC(CC1CCCCC1)C(=O)NCCNc1ccc(OC(F)(F)F)cc1)c1ccccc1. The molecular formula is C28H36F3N3O3. The average Bonchev–Trinajstić information content (AvgIpc) is 2.88. The van der Waals surface area contributed by atoms with E-state index in [0.717, 1.165) is 31.2 Å². The number of amides is 2. The zero-order valence-corrected chi connectivity index (χ0v) is 21.2. The molecule has 0 heterocycles. The van der Waals surface area contributed by atoms with Gasteiger partial charge in [-0.15, -0.1) is 13.2 Å². The van der Waals surface area contributed by atoms with Crippen molar-refractivity contribution in [2.45, 2.75) is 70.2 Å². The van der Waals surface area contributed by atoms with E-state index in [1.54, 1.807) is 0 Å². The van der Waals surface area contributed by atoms with E-state index in [9.17, 15) is 22.8 Å². The fourth-order valence-corrected chi connectivity index (χ4v) is 4.81. The van der Waals surface area contributed by atoms with Gasteiger partial charge in [0.15, 0.2) is 0 Å². The first kappa shape index (κ1) is 28.3. The lowest BCUT2D eigenvalue weighted by molar-refractivity contribution is -0.274. The second-order valence-corrected chi connectivity index (χ2v) is 9.46. The molecule has 1 aliphatic carbocycles. The number of ether oxygens (including phenoxy) is 1. The van der Waals surface area contributed by atoms with Crippen LogP contribution < -0.4 is 20.7 Å². The number of anilines is 1. The predicted octanol–water partition coefficient (Wildman–Crippen LogP) is 5.76. The summed E-state index contributed by atoms with van der Waals surface area (Å²) in [7, 11) is 0. The molecule has 9 heteroatoms. The normalized spacial score (nSPS) is 15.9. The van der Waals surface area contributed by atoms with Crippen molar-refractivity contribution < 1.29 is 27.5 Å². The molecule has 0 bridgehead atoms. The van der Waals surface area contributed by atoms with Gasteiger partial charge in [-0.25, -0.2) is 0 Å². The van der Waals surface area contributed by atoms with Gasteiger partial charge in [0.2, 0.25) is 11.8 Å². The van der Waals surface area contributed by atoms with E-state index in [4.69, 9.17) is 0 Å². The first-order valence-electron chi connectivity index (χ1n) is 13.0. The number of nitrogens with one attached hydrogen (secondary N) is 3. The number of carbonyl (C=O) groups excluding carboxylic acids is 2. The van der Waals surface area contributed by atoms with Crippen LogP contribution in [0.1, 0.15) is 63.4 Å². The van der Waals surface area contributed by atoms with E-state index in [0.29, 0.717) is 37.5 Å². The summed E-state index contributed by atoms with van der Waals surface area (Å²) < 4.78 is 40.8. The lowest BCUT2D eigenvalue weighted by Crippen LogP contribution is -2.49. The molecule has 202 valence electrons. The molecule has 0 aliphatic heterocycles. The van der Waals surface area contributed by atoms with Gasteiger partial charge in [0.05, 0.1) is 5.92 Å². The van der Waals surface area contributed by atoms with Crippen LogP contribution >= 0.6 is 0 Å². The molecule has 2 atom stereocenters. The van der Waals surface area contributed by atoms with Crippen molar-refractivity contribution >= 4 is 17.5 Å². The molecular weight excluding hydrogens is 483 g/mol. The fourth-order valence-electron chi connectivity index (χ4n) is 4.81. The van der Waals surface area contributed by atoms with Crippen molar-refractivity contribution in [1.29, 1.82) is 0 Å². The average molecular weight is 520 g/mol. The highest BCUT2D eigenvalue weighted by atomic mass is 19.4. The minimum Gasteiger partial charge on any atom is -0.406 e. The summed E-state index contributed by atoms with van der Waals surface area (Å²) in [5.74, 6) is -0.596. The quantitative estimate of drug-likeness (QED) is 0.312. The third-order valence-electron chi connectivity index (χ3n) is 6.69. The molecule has 2 aromatic rings. The minimum atomic E-state index is -4.74. The van der Waals surface area contributed by atoms with Crippen molar-refractivity contribution in [3.05, 3.63) is 60.2 Å². The highest BCUT2D eigenvalue weighted by molar-refractivity contribution is 5.90. The van der Waals surface area contributed by atoms with E-state index in [2.05, 4.69) is 20.7 Å². The first-order valence-corrected chi connectivity index (χ1v) is 13.0. The number of hydrogen-bond donors (Lipinski definition) is 3. The Labute approximate surface area is 216 Å². The van der Waals surface area contributed by atoms with Crippen LogP contribution in [0.5, 0.6) is 5.75 Å². The maximum absolute atomic E-state index is 13.2. The Morgan fingerprint density at radius 2 is 1.62 bits per heavy atom. The van der Waals surface area contributed by atoms with Gasteiger partial charge in [0.1, 0.15) is 11.8 Å². The molecule has 0 spiro atoms. The summed E-state index contributed by atoms with van der Waals surface area (Å²) in [4.78, 5) is 26.3. The molecule has 0 aromatic heterocycles. The van der Waals surface area contributed by atoms with Crippen molar-refractivity contribution in [1.82, 2.24) is 10.6 Å². The highest BCUT2D eigenvalue weighted by Crippen LogP contribution is 2.28. The van der Waals surface area contributed by atoms with Crippen molar-refractivity contribution in [2.24, 2.45) is 5.92 Å². The molecule has 3 N–H and O–H groups in total. The number of benzene rings is 2. The fraction of sp³-hybridized carbons (Fsp3) is 0.500. The van der Waals surface area contributed by atoms with Gasteiger partial charge in [-0.1, -0.05) is 69.4 Å². The topological polar surface area (TPSA) is 79.5 Å². The van der Waals surface area contributed by atoms with Crippen molar-refractivity contribution in [3.8, 4) is 5.75 Å². The Hall–Kier alpha value is -3.23. The zero-order valence-electron chi connectivity index (χ0n) is 21.2. The standard InChI is InChI=1S/C28H36F3N3O3/c1-2-24(21-11-7-4-8-12-21)26(35)34-25(19-20-9-5-3-6-10-20)27(36)33-18-17-32-22-13-15-23(16-14-22)37-28(29,30)31/h4,7-8,11-16,20,24-25,32H,2-3,5-6,9-10,17-19H2,1H3,(H,33,36)(H,34,35). The Morgan fingerprint density at radius 1 is 0.946 bits per heavy atom. The number of halogens is 3. The van der Waals surface area contributed by atoms with Gasteiger partial charge in [0.25, 0.3) is 0 Å². The lowest BCUT2D eigenvalue weighted by Gasteiger charge is -2.28. The van der Waals surface area contributed by atoms with Crippen LogP contribution in [0.4, 0.5) is 18.9 Å². The van der Waals surface area contributed by atoms with E-state index in [1.165, 1.54) is 30.7 Å². The van der Waals surface area contributed by atoms with E-state index < -0.39 is 12.4 Å². The molecule has 0 saturated heterocycles. The number of alkyl halides is 3. The number of carbonyl (C=O) groups is 2. The number of hydrogen-bond acceptors (Lipinski definition) is 4. The molecule has 1 aliphatic rings. The van der Waals surface area contributed by atoms with Crippen molar-refractivity contribution in [3.63, 3.8) is 0 Å². The van der Waals surface area contributed by atoms with Gasteiger partial charge in [0, 0.05) is 18.8 Å². The molecule has 6 nitrogen and oxygen atoms in total. The van der Waals surface area contributed by atoms with E-state index in [1.807, 2.05) is 37.3 Å². The molecule has 1 saturated carbocycles. The molecule has 2 amide bonds. The second-order valence-electron chi connectivity index (χ2n) is 9.46. The van der Waals surface area contributed by atoms with Crippen LogP contribution in [0.25, 0.3) is 0 Å². The Kier molecular flexibility index (Phi) is 10.7. The predicted molar refractivity (Wildman–Crippen MR) is 137 cm³/mol. The largest absolute Gasteiger partial charge is 0.573 e. The summed E-state index contributed by atoms with van der Waals surface area (Å²) in [5.41, 5.74) is 1.53. The third-order valence-corrected chi connectivity index (χ3v) is 6.69. The van der Waals surface area contributed by atoms with Crippen LogP contribution in [0.15, 0.2) is 54.6 Å². The molecule has 37 heavy (non-hydrogen) atoms. The summed E-state index contributed by atoms with van der Waals surface area (Å²) >= 11 is 0. The number of rotatable bonds is 12. The Morgan fingerprint density at radius 3 is 2.24 bits per heavy atom. The molecule has 1 fully saturated rings. The molecule has 2 aromatic carbocycles. The van der Waals surface area contributed by atoms with E-state index in [-0.39, 0.29) is 23.5 Å². The van der Waals surface area contributed by atoms with E-state index >= 15 is 0 Å². The zero-order chi connectivity index (χ0) is 26.7. The monoisotopic (exact) mass is 519 g/mol. The second kappa shape index (κ2) is 13.9. The van der Waals surface area contributed by atoms with Crippen LogP contribution in [-0.4, -0.2) is 37.3 Å². The van der Waals surface area contributed by atoms with Crippen LogP contribution in [0.3, 0.4) is 0 Å². The maximum atomic E-state index is 13.2. The van der Waals surface area contributed by atoms with Gasteiger partial charge in [-0.05, 0) is 48.6 Å². The van der Waals surface area contributed by atoms with Crippen molar-refractivity contribution in [2.75, 3.05) is 18.4 Å². The first-order chi connectivity index (χ1) is 17.7. The maximum Gasteiger partial charge on any atom is 0.573 e. The van der Waals surface area contributed by atoms with Gasteiger partial charge >= 0.3 is 6.36 Å². The Balaban J connectivity index is 1.54. The van der Waals surface area contributed by atoms with Crippen LogP contribution in [0.2, 0.25) is 0 Å². The molecule has 0 radical (unpaired) electrons. The smallest absolute Gasteiger partial charge is 0.406 e. The third kappa shape index (κ3) is 9.63. The van der Waals surface area contributed by atoms with Crippen LogP contribution in [0, 0.1) is 5.92 Å². The van der Waals surface area contributed by atoms with Gasteiger partial charge in [-0.2, -0.15) is 0 Å². The highest BCUT2D eigenvalue weighted by Gasteiger charge is 2.31. The minimum absolute atomic E-state index is 0.149. The van der Waals surface area contributed by atoms with Crippen LogP contribution in [-0.2, 0) is 9.59 Å². The summed E-state index contributed by atoms with van der Waals surface area (Å²) in [6.45, 7) is 2.63.